The molecule has 0 bridgehead atoms. The van der Waals surface area contributed by atoms with Gasteiger partial charge in [-0.1, -0.05) is 6.07 Å². The highest BCUT2D eigenvalue weighted by molar-refractivity contribution is 7.13. The summed E-state index contributed by atoms with van der Waals surface area (Å²) in [5.74, 6) is 0. The van der Waals surface area contributed by atoms with Crippen molar-refractivity contribution in [1.82, 2.24) is 14.6 Å². The number of benzene rings is 1. The van der Waals surface area contributed by atoms with Crippen LogP contribution < -0.4 is 5.32 Å². The van der Waals surface area contributed by atoms with Crippen LogP contribution in [0.3, 0.4) is 0 Å². The molecule has 3 nitrogen and oxygen atoms in total. The van der Waals surface area contributed by atoms with Crippen LogP contribution in [-0.2, 0) is 6.42 Å². The molecule has 0 aliphatic carbocycles. The molecule has 2 heterocycles. The van der Waals surface area contributed by atoms with Crippen molar-refractivity contribution in [1.29, 1.82) is 0 Å². The SMILES string of the molecule is Cc1nsc2ccc(CCN3CCNCC3)cc12. The molecule has 18 heavy (non-hydrogen) atoms. The first-order chi connectivity index (χ1) is 8.83. The van der Waals surface area contributed by atoms with Crippen molar-refractivity contribution in [2.24, 2.45) is 0 Å². The molecular formula is C14H19N3S. The molecule has 0 saturated carbocycles. The van der Waals surface area contributed by atoms with E-state index in [4.69, 9.17) is 0 Å². The highest BCUT2D eigenvalue weighted by atomic mass is 32.1. The number of fused-ring (bicyclic) bond motifs is 1. The maximum Gasteiger partial charge on any atom is 0.0589 e. The molecule has 0 spiro atoms. The third-order valence-electron chi connectivity index (χ3n) is 3.64. The van der Waals surface area contributed by atoms with Gasteiger partial charge in [0.1, 0.15) is 0 Å². The lowest BCUT2D eigenvalue weighted by molar-refractivity contribution is 0.244. The van der Waals surface area contributed by atoms with Crippen molar-refractivity contribution in [3.8, 4) is 0 Å². The second kappa shape index (κ2) is 5.34. The molecule has 1 aromatic heterocycles. The van der Waals surface area contributed by atoms with Gasteiger partial charge in [0.25, 0.3) is 0 Å². The number of hydrogen-bond donors (Lipinski definition) is 1. The Balaban J connectivity index is 1.68. The maximum atomic E-state index is 4.41. The first-order valence-electron chi connectivity index (χ1n) is 6.61. The topological polar surface area (TPSA) is 28.2 Å². The molecule has 1 saturated heterocycles. The Kier molecular flexibility index (Phi) is 3.59. The van der Waals surface area contributed by atoms with Crippen molar-refractivity contribution in [3.05, 3.63) is 29.5 Å². The highest BCUT2D eigenvalue weighted by Crippen LogP contribution is 2.23. The van der Waals surface area contributed by atoms with Gasteiger partial charge < -0.3 is 10.2 Å². The zero-order chi connectivity index (χ0) is 12.4. The van der Waals surface area contributed by atoms with Gasteiger partial charge in [-0.15, -0.1) is 0 Å². The van der Waals surface area contributed by atoms with Crippen LogP contribution in [0.1, 0.15) is 11.3 Å². The summed E-state index contributed by atoms with van der Waals surface area (Å²) in [6.07, 6.45) is 1.14. The van der Waals surface area contributed by atoms with Crippen molar-refractivity contribution in [2.75, 3.05) is 32.7 Å². The molecule has 0 unspecified atom stereocenters. The quantitative estimate of drug-likeness (QED) is 0.916. The lowest BCUT2D eigenvalue weighted by Gasteiger charge is -2.27. The number of aromatic nitrogens is 1. The minimum absolute atomic E-state index is 1.13. The van der Waals surface area contributed by atoms with Gasteiger partial charge in [-0.25, -0.2) is 0 Å². The lowest BCUT2D eigenvalue weighted by Crippen LogP contribution is -2.44. The summed E-state index contributed by atoms with van der Waals surface area (Å²) in [7, 11) is 0. The van der Waals surface area contributed by atoms with E-state index in [1.807, 2.05) is 0 Å². The normalized spacial score (nSPS) is 17.4. The monoisotopic (exact) mass is 261 g/mol. The number of hydrogen-bond acceptors (Lipinski definition) is 4. The summed E-state index contributed by atoms with van der Waals surface area (Å²) in [5, 5.41) is 4.72. The molecule has 0 amide bonds. The third-order valence-corrected chi connectivity index (χ3v) is 4.56. The van der Waals surface area contributed by atoms with Gasteiger partial charge in [-0.05, 0) is 42.6 Å². The zero-order valence-corrected chi connectivity index (χ0v) is 11.6. The Morgan fingerprint density at radius 3 is 3.00 bits per heavy atom. The Bertz CT molecular complexity index is 529. The molecule has 1 aromatic carbocycles. The summed E-state index contributed by atoms with van der Waals surface area (Å²) in [6.45, 7) is 7.89. The Morgan fingerprint density at radius 1 is 1.33 bits per heavy atom. The number of nitrogens with zero attached hydrogens (tertiary/aromatic N) is 2. The second-order valence-electron chi connectivity index (χ2n) is 4.94. The largest absolute Gasteiger partial charge is 0.314 e. The summed E-state index contributed by atoms with van der Waals surface area (Å²) in [5.41, 5.74) is 2.60. The molecule has 1 aliphatic heterocycles. The molecule has 96 valence electrons. The van der Waals surface area contributed by atoms with Crippen LogP contribution in [0.15, 0.2) is 18.2 Å². The average molecular weight is 261 g/mol. The van der Waals surface area contributed by atoms with E-state index in [2.05, 4.69) is 39.7 Å². The zero-order valence-electron chi connectivity index (χ0n) is 10.8. The van der Waals surface area contributed by atoms with Crippen LogP contribution in [0.25, 0.3) is 10.1 Å². The number of nitrogens with one attached hydrogen (secondary N) is 1. The van der Waals surface area contributed by atoms with E-state index in [0.29, 0.717) is 0 Å². The highest BCUT2D eigenvalue weighted by Gasteiger charge is 2.09. The summed E-state index contributed by atoms with van der Waals surface area (Å²) in [6, 6.07) is 6.78. The predicted molar refractivity (Wildman–Crippen MR) is 77.4 cm³/mol. The van der Waals surface area contributed by atoms with Gasteiger partial charge in [0.05, 0.1) is 10.4 Å². The van der Waals surface area contributed by atoms with Crippen LogP contribution in [0, 0.1) is 6.92 Å². The lowest BCUT2D eigenvalue weighted by atomic mass is 10.1. The first-order valence-corrected chi connectivity index (χ1v) is 7.38. The summed E-state index contributed by atoms with van der Waals surface area (Å²) in [4.78, 5) is 2.54. The fourth-order valence-corrected chi connectivity index (χ4v) is 3.25. The fraction of sp³-hybridized carbons (Fsp3) is 0.500. The van der Waals surface area contributed by atoms with Gasteiger partial charge in [-0.2, -0.15) is 4.37 Å². The van der Waals surface area contributed by atoms with E-state index >= 15 is 0 Å². The first kappa shape index (κ1) is 12.1. The van der Waals surface area contributed by atoms with Gasteiger partial charge in [0.2, 0.25) is 0 Å². The van der Waals surface area contributed by atoms with Gasteiger partial charge in [-0.3, -0.25) is 0 Å². The van der Waals surface area contributed by atoms with E-state index in [-0.39, 0.29) is 0 Å². The predicted octanol–water partition coefficient (Wildman–Crippen LogP) is 2.05. The van der Waals surface area contributed by atoms with Crippen LogP contribution >= 0.6 is 11.5 Å². The van der Waals surface area contributed by atoms with Crippen molar-refractivity contribution < 1.29 is 0 Å². The molecule has 0 atom stereocenters. The number of rotatable bonds is 3. The third kappa shape index (κ3) is 2.55. The van der Waals surface area contributed by atoms with Crippen molar-refractivity contribution >= 4 is 21.6 Å². The van der Waals surface area contributed by atoms with Crippen molar-refractivity contribution in [2.45, 2.75) is 13.3 Å². The Labute approximate surface area is 112 Å². The molecule has 4 heteroatoms. The molecule has 1 aliphatic rings. The molecule has 1 fully saturated rings. The standard InChI is InChI=1S/C14H19N3S/c1-11-13-10-12(2-3-14(13)18-16-11)4-7-17-8-5-15-6-9-17/h2-3,10,15H,4-9H2,1H3. The van der Waals surface area contributed by atoms with E-state index in [0.717, 1.165) is 19.5 Å². The summed E-state index contributed by atoms with van der Waals surface area (Å²) >= 11 is 1.60. The van der Waals surface area contributed by atoms with E-state index in [1.54, 1.807) is 11.5 Å². The van der Waals surface area contributed by atoms with Crippen molar-refractivity contribution in [3.63, 3.8) is 0 Å². The molecule has 1 N–H and O–H groups in total. The van der Waals surface area contributed by atoms with Crippen LogP contribution in [0.2, 0.25) is 0 Å². The molecule has 0 radical (unpaired) electrons. The molecule has 2 aromatic rings. The van der Waals surface area contributed by atoms with Crippen LogP contribution in [0.4, 0.5) is 0 Å². The van der Waals surface area contributed by atoms with Crippen LogP contribution in [-0.4, -0.2) is 42.0 Å². The Morgan fingerprint density at radius 2 is 2.17 bits per heavy atom. The molecule has 3 rings (SSSR count). The summed E-state index contributed by atoms with van der Waals surface area (Å²) < 4.78 is 5.71. The number of aryl methyl sites for hydroxylation is 1. The van der Waals surface area contributed by atoms with E-state index in [1.165, 1.54) is 41.0 Å². The molecular weight excluding hydrogens is 242 g/mol. The minimum atomic E-state index is 1.13. The van der Waals surface area contributed by atoms with Crippen LogP contribution in [0.5, 0.6) is 0 Å². The second-order valence-corrected chi connectivity index (χ2v) is 5.75. The van der Waals surface area contributed by atoms with E-state index in [9.17, 15) is 0 Å². The smallest absolute Gasteiger partial charge is 0.0589 e. The van der Waals surface area contributed by atoms with Gasteiger partial charge in [0.15, 0.2) is 0 Å². The Hall–Kier alpha value is -0.970. The average Bonchev–Trinajstić information content (AvgIpc) is 2.79. The maximum absolute atomic E-state index is 4.41. The number of piperazine rings is 1. The van der Waals surface area contributed by atoms with E-state index < -0.39 is 0 Å². The minimum Gasteiger partial charge on any atom is -0.314 e. The van der Waals surface area contributed by atoms with Gasteiger partial charge in [0, 0.05) is 38.1 Å². The fourth-order valence-electron chi connectivity index (χ4n) is 2.48. The van der Waals surface area contributed by atoms with Gasteiger partial charge >= 0.3 is 0 Å².